The topological polar surface area (TPSA) is 57.5 Å². The van der Waals surface area contributed by atoms with Crippen LogP contribution in [0.25, 0.3) is 0 Å². The van der Waals surface area contributed by atoms with Gasteiger partial charge in [-0.3, -0.25) is 0 Å². The molecule has 1 rings (SSSR count). The molecule has 16 heavy (non-hydrogen) atoms. The molecular weight excluding hydrogens is 224 g/mol. The number of hydrogen-bond donors (Lipinski definition) is 2. The number of aromatic carboxylic acids is 1. The lowest BCUT2D eigenvalue weighted by Crippen LogP contribution is -1.99. The van der Waals surface area contributed by atoms with E-state index in [4.69, 9.17) is 5.11 Å². The van der Waals surface area contributed by atoms with Crippen molar-refractivity contribution in [3.8, 4) is 5.75 Å². The molecule has 4 heteroatoms. The van der Waals surface area contributed by atoms with E-state index in [0.29, 0.717) is 5.92 Å². The third kappa shape index (κ3) is 3.17. The van der Waals surface area contributed by atoms with Crippen LogP contribution in [0.1, 0.15) is 29.8 Å². The van der Waals surface area contributed by atoms with E-state index >= 15 is 0 Å². The van der Waals surface area contributed by atoms with Gasteiger partial charge in [0.15, 0.2) is 0 Å². The lowest BCUT2D eigenvalue weighted by molar-refractivity contribution is 0.0693. The number of hydrogen-bond acceptors (Lipinski definition) is 3. The van der Waals surface area contributed by atoms with Gasteiger partial charge in [0.1, 0.15) is 11.3 Å². The second kappa shape index (κ2) is 5.25. The summed E-state index contributed by atoms with van der Waals surface area (Å²) in [4.78, 5) is 11.8. The fraction of sp³-hybridized carbons (Fsp3) is 0.417. The maximum atomic E-state index is 10.9. The lowest BCUT2D eigenvalue weighted by Gasteiger charge is -2.10. The van der Waals surface area contributed by atoms with E-state index < -0.39 is 5.97 Å². The molecule has 0 aromatic heterocycles. The number of carboxylic acid groups (broad SMARTS) is 1. The summed E-state index contributed by atoms with van der Waals surface area (Å²) in [6.07, 6.45) is 0. The minimum atomic E-state index is -1.09. The summed E-state index contributed by atoms with van der Waals surface area (Å²) >= 11 is 1.62. The highest BCUT2D eigenvalue weighted by Gasteiger charge is 2.13. The molecular formula is C12H16O3S. The van der Waals surface area contributed by atoms with Crippen LogP contribution < -0.4 is 0 Å². The third-order valence-corrected chi connectivity index (χ3v) is 3.68. The molecule has 0 bridgehead atoms. The number of carbonyl (C=O) groups is 1. The number of aryl methyl sites for hydroxylation is 1. The van der Waals surface area contributed by atoms with Gasteiger partial charge in [0.2, 0.25) is 0 Å². The van der Waals surface area contributed by atoms with Gasteiger partial charge in [-0.25, -0.2) is 4.79 Å². The molecule has 0 aliphatic rings. The predicted octanol–water partition coefficient (Wildman–Crippen LogP) is 3.15. The van der Waals surface area contributed by atoms with Crippen LogP contribution in [0.15, 0.2) is 17.0 Å². The zero-order valence-corrected chi connectivity index (χ0v) is 10.5. The molecule has 88 valence electrons. The quantitative estimate of drug-likeness (QED) is 0.794. The summed E-state index contributed by atoms with van der Waals surface area (Å²) < 4.78 is 0. The Morgan fingerprint density at radius 3 is 2.56 bits per heavy atom. The molecule has 0 unspecified atom stereocenters. The molecule has 1 aromatic carbocycles. The smallest absolute Gasteiger partial charge is 0.339 e. The summed E-state index contributed by atoms with van der Waals surface area (Å²) in [5.41, 5.74) is 0.880. The van der Waals surface area contributed by atoms with Gasteiger partial charge in [-0.05, 0) is 30.5 Å². The van der Waals surface area contributed by atoms with Crippen molar-refractivity contribution in [2.45, 2.75) is 25.7 Å². The summed E-state index contributed by atoms with van der Waals surface area (Å²) in [5, 5.41) is 18.4. The first kappa shape index (κ1) is 12.9. The summed E-state index contributed by atoms with van der Waals surface area (Å²) in [6.45, 7) is 6.09. The lowest BCUT2D eigenvalue weighted by atomic mass is 10.1. The van der Waals surface area contributed by atoms with Crippen molar-refractivity contribution in [2.75, 3.05) is 5.75 Å². The van der Waals surface area contributed by atoms with E-state index in [0.717, 1.165) is 16.2 Å². The van der Waals surface area contributed by atoms with Crippen molar-refractivity contribution in [1.82, 2.24) is 0 Å². The summed E-state index contributed by atoms with van der Waals surface area (Å²) in [6, 6.07) is 3.05. The molecule has 0 radical (unpaired) electrons. The van der Waals surface area contributed by atoms with Crippen LogP contribution >= 0.6 is 11.8 Å². The Hall–Kier alpha value is -1.16. The second-order valence-electron chi connectivity index (χ2n) is 4.14. The third-order valence-electron chi connectivity index (χ3n) is 2.10. The molecule has 0 fully saturated rings. The van der Waals surface area contributed by atoms with Crippen molar-refractivity contribution < 1.29 is 15.0 Å². The van der Waals surface area contributed by atoms with Crippen molar-refractivity contribution in [3.05, 3.63) is 23.3 Å². The van der Waals surface area contributed by atoms with Crippen molar-refractivity contribution in [1.29, 1.82) is 0 Å². The number of rotatable bonds is 4. The highest BCUT2D eigenvalue weighted by Crippen LogP contribution is 2.30. The van der Waals surface area contributed by atoms with Crippen LogP contribution in [0.3, 0.4) is 0 Å². The van der Waals surface area contributed by atoms with E-state index in [9.17, 15) is 9.90 Å². The molecule has 0 atom stereocenters. The van der Waals surface area contributed by atoms with Crippen LogP contribution in [0.2, 0.25) is 0 Å². The number of thioether (sulfide) groups is 1. The van der Waals surface area contributed by atoms with Gasteiger partial charge in [0.25, 0.3) is 0 Å². The number of phenols is 1. The number of carboxylic acids is 1. The van der Waals surface area contributed by atoms with Gasteiger partial charge >= 0.3 is 5.97 Å². The fourth-order valence-electron chi connectivity index (χ4n) is 1.26. The fourth-order valence-corrected chi connectivity index (χ4v) is 2.26. The molecule has 3 nitrogen and oxygen atoms in total. The Kier molecular flexibility index (Phi) is 4.24. The Bertz CT molecular complexity index is 399. The first-order valence-corrected chi connectivity index (χ1v) is 6.10. The van der Waals surface area contributed by atoms with E-state index in [1.54, 1.807) is 17.8 Å². The van der Waals surface area contributed by atoms with Gasteiger partial charge in [0.05, 0.1) is 0 Å². The van der Waals surface area contributed by atoms with Crippen molar-refractivity contribution in [2.24, 2.45) is 5.92 Å². The van der Waals surface area contributed by atoms with Crippen molar-refractivity contribution >= 4 is 17.7 Å². The van der Waals surface area contributed by atoms with E-state index in [-0.39, 0.29) is 11.3 Å². The van der Waals surface area contributed by atoms with Gasteiger partial charge in [-0.2, -0.15) is 0 Å². The first-order valence-electron chi connectivity index (χ1n) is 5.11. The maximum Gasteiger partial charge on any atom is 0.339 e. The van der Waals surface area contributed by atoms with Crippen LogP contribution in [-0.2, 0) is 0 Å². The Balaban J connectivity index is 3.00. The van der Waals surface area contributed by atoms with Crippen LogP contribution in [0, 0.1) is 12.8 Å². The molecule has 0 heterocycles. The minimum absolute atomic E-state index is 0.0307. The SMILES string of the molecule is Cc1cc(O)c(C(=O)O)cc1SCC(C)C. The highest BCUT2D eigenvalue weighted by molar-refractivity contribution is 7.99. The van der Waals surface area contributed by atoms with E-state index in [1.165, 1.54) is 6.07 Å². The predicted molar refractivity (Wildman–Crippen MR) is 65.4 cm³/mol. The maximum absolute atomic E-state index is 10.9. The Morgan fingerprint density at radius 2 is 2.06 bits per heavy atom. The summed E-state index contributed by atoms with van der Waals surface area (Å²) in [5.74, 6) is 0.222. The van der Waals surface area contributed by atoms with Gasteiger partial charge in [-0.15, -0.1) is 11.8 Å². The molecule has 0 amide bonds. The largest absolute Gasteiger partial charge is 0.507 e. The van der Waals surface area contributed by atoms with Gasteiger partial charge in [-0.1, -0.05) is 13.8 Å². The molecule has 1 aromatic rings. The summed E-state index contributed by atoms with van der Waals surface area (Å²) in [7, 11) is 0. The van der Waals surface area contributed by atoms with Crippen LogP contribution in [0.4, 0.5) is 0 Å². The van der Waals surface area contributed by atoms with E-state index in [1.807, 2.05) is 6.92 Å². The molecule has 2 N–H and O–H groups in total. The zero-order chi connectivity index (χ0) is 12.3. The molecule has 0 spiro atoms. The Labute approximate surface area is 99.5 Å². The monoisotopic (exact) mass is 240 g/mol. The minimum Gasteiger partial charge on any atom is -0.507 e. The standard InChI is InChI=1S/C12H16O3S/c1-7(2)6-16-11-5-9(12(14)15)10(13)4-8(11)3/h4-5,7,13H,6H2,1-3H3,(H,14,15). The molecule has 0 aliphatic heterocycles. The first-order chi connectivity index (χ1) is 7.41. The average molecular weight is 240 g/mol. The van der Waals surface area contributed by atoms with Gasteiger partial charge in [0, 0.05) is 10.6 Å². The van der Waals surface area contributed by atoms with Crippen LogP contribution in [-0.4, -0.2) is 21.9 Å². The molecule has 0 aliphatic carbocycles. The molecule has 0 saturated heterocycles. The number of aromatic hydroxyl groups is 1. The van der Waals surface area contributed by atoms with E-state index in [2.05, 4.69) is 13.8 Å². The zero-order valence-electron chi connectivity index (χ0n) is 9.65. The number of benzene rings is 1. The Morgan fingerprint density at radius 1 is 1.44 bits per heavy atom. The average Bonchev–Trinajstić information content (AvgIpc) is 2.15. The normalized spacial score (nSPS) is 10.8. The van der Waals surface area contributed by atoms with Crippen LogP contribution in [0.5, 0.6) is 5.75 Å². The van der Waals surface area contributed by atoms with Gasteiger partial charge < -0.3 is 10.2 Å². The highest BCUT2D eigenvalue weighted by atomic mass is 32.2. The second-order valence-corrected chi connectivity index (χ2v) is 5.21. The molecule has 0 saturated carbocycles. The van der Waals surface area contributed by atoms with Crippen molar-refractivity contribution in [3.63, 3.8) is 0 Å².